The van der Waals surface area contributed by atoms with E-state index in [9.17, 15) is 9.59 Å². The highest BCUT2D eigenvalue weighted by molar-refractivity contribution is 5.92. The first kappa shape index (κ1) is 17.8. The van der Waals surface area contributed by atoms with E-state index in [-0.39, 0.29) is 11.8 Å². The van der Waals surface area contributed by atoms with Gasteiger partial charge in [0.15, 0.2) is 0 Å². The van der Waals surface area contributed by atoms with Crippen LogP contribution in [-0.2, 0) is 31.2 Å². The molecular weight excluding hydrogens is 344 g/mol. The van der Waals surface area contributed by atoms with Crippen molar-refractivity contribution in [3.63, 3.8) is 0 Å². The minimum absolute atomic E-state index is 0.0621. The molecular formula is C19H26N6O2. The van der Waals surface area contributed by atoms with E-state index in [1.807, 2.05) is 28.5 Å². The topological polar surface area (TPSA) is 87.1 Å². The Bertz CT molecular complexity index is 862. The lowest BCUT2D eigenvalue weighted by molar-refractivity contribution is -0.130. The molecule has 2 amide bonds. The first-order chi connectivity index (χ1) is 13.0. The molecule has 2 aliphatic rings. The van der Waals surface area contributed by atoms with Gasteiger partial charge in [0.05, 0.1) is 5.69 Å². The fraction of sp³-hybridized carbons (Fsp3) is 0.579. The fourth-order valence-corrected chi connectivity index (χ4v) is 4.08. The summed E-state index contributed by atoms with van der Waals surface area (Å²) in [6.45, 7) is 4.83. The number of likely N-dealkylation sites (tertiary alicyclic amines) is 1. The van der Waals surface area contributed by atoms with Gasteiger partial charge >= 0.3 is 0 Å². The minimum atomic E-state index is -0.0621. The highest BCUT2D eigenvalue weighted by Crippen LogP contribution is 2.24. The molecule has 4 heterocycles. The number of aromatic amines is 1. The number of fused-ring (bicyclic) bond motifs is 1. The molecule has 2 aromatic rings. The number of carbonyl (C=O) groups is 2. The normalized spacial score (nSPS) is 16.7. The second kappa shape index (κ2) is 7.17. The van der Waals surface area contributed by atoms with Gasteiger partial charge in [0.2, 0.25) is 5.91 Å². The molecule has 0 aliphatic carbocycles. The Hall–Kier alpha value is -2.64. The number of H-pyrrole nitrogens is 1. The predicted octanol–water partition coefficient (Wildman–Crippen LogP) is 1.21. The maximum atomic E-state index is 12.7. The SMILES string of the molecule is Cc1cc(C(=O)N2CCc3c(c(CCC(=O)N4CCCC4)nn3C)C2)n[nH]1. The summed E-state index contributed by atoms with van der Waals surface area (Å²) in [6.07, 6.45) is 4.09. The molecule has 2 aromatic heterocycles. The molecule has 0 saturated carbocycles. The van der Waals surface area contributed by atoms with Crippen LogP contribution in [0.2, 0.25) is 0 Å². The second-order valence-corrected chi connectivity index (χ2v) is 7.50. The zero-order valence-electron chi connectivity index (χ0n) is 16.0. The van der Waals surface area contributed by atoms with Crippen molar-refractivity contribution in [3.8, 4) is 0 Å². The van der Waals surface area contributed by atoms with Crippen LogP contribution in [0.25, 0.3) is 0 Å². The highest BCUT2D eigenvalue weighted by Gasteiger charge is 2.28. The van der Waals surface area contributed by atoms with Crippen molar-refractivity contribution in [2.24, 2.45) is 7.05 Å². The number of hydrogen-bond acceptors (Lipinski definition) is 4. The molecule has 8 nitrogen and oxygen atoms in total. The van der Waals surface area contributed by atoms with E-state index >= 15 is 0 Å². The molecule has 1 saturated heterocycles. The van der Waals surface area contributed by atoms with Gasteiger partial charge < -0.3 is 9.80 Å². The Morgan fingerprint density at radius 3 is 2.67 bits per heavy atom. The highest BCUT2D eigenvalue weighted by atomic mass is 16.2. The molecule has 27 heavy (non-hydrogen) atoms. The van der Waals surface area contributed by atoms with Crippen molar-refractivity contribution in [3.05, 3.63) is 34.4 Å². The molecule has 1 fully saturated rings. The van der Waals surface area contributed by atoms with Crippen LogP contribution in [0.3, 0.4) is 0 Å². The molecule has 1 N–H and O–H groups in total. The van der Waals surface area contributed by atoms with Gasteiger partial charge in [-0.05, 0) is 25.8 Å². The second-order valence-electron chi connectivity index (χ2n) is 7.50. The van der Waals surface area contributed by atoms with Crippen LogP contribution in [0.5, 0.6) is 0 Å². The van der Waals surface area contributed by atoms with E-state index in [0.29, 0.717) is 31.6 Å². The van der Waals surface area contributed by atoms with Crippen LogP contribution in [-0.4, -0.2) is 61.2 Å². The van der Waals surface area contributed by atoms with Gasteiger partial charge in [-0.3, -0.25) is 19.4 Å². The van der Waals surface area contributed by atoms with E-state index in [0.717, 1.165) is 49.3 Å². The smallest absolute Gasteiger partial charge is 0.274 e. The fourth-order valence-electron chi connectivity index (χ4n) is 4.08. The molecule has 8 heteroatoms. The van der Waals surface area contributed by atoms with Crippen LogP contribution >= 0.6 is 0 Å². The number of nitrogens with zero attached hydrogens (tertiary/aromatic N) is 5. The summed E-state index contributed by atoms with van der Waals surface area (Å²) < 4.78 is 1.91. The lowest BCUT2D eigenvalue weighted by Crippen LogP contribution is -2.36. The molecule has 0 spiro atoms. The summed E-state index contributed by atoms with van der Waals surface area (Å²) in [7, 11) is 1.94. The summed E-state index contributed by atoms with van der Waals surface area (Å²) in [4.78, 5) is 28.9. The van der Waals surface area contributed by atoms with E-state index in [1.165, 1.54) is 5.69 Å². The van der Waals surface area contributed by atoms with Gasteiger partial charge in [0.1, 0.15) is 5.69 Å². The summed E-state index contributed by atoms with van der Waals surface area (Å²) in [5.74, 6) is 0.149. The van der Waals surface area contributed by atoms with Crippen molar-refractivity contribution < 1.29 is 9.59 Å². The first-order valence-electron chi connectivity index (χ1n) is 9.65. The average Bonchev–Trinajstić information content (AvgIpc) is 3.40. The number of carbonyl (C=O) groups excluding carboxylic acids is 2. The summed E-state index contributed by atoms with van der Waals surface area (Å²) >= 11 is 0. The largest absolute Gasteiger partial charge is 0.343 e. The molecule has 0 atom stereocenters. The Balaban J connectivity index is 1.47. The van der Waals surface area contributed by atoms with E-state index < -0.39 is 0 Å². The number of nitrogens with one attached hydrogen (secondary N) is 1. The van der Waals surface area contributed by atoms with Gasteiger partial charge in [0, 0.05) is 69.4 Å². The third kappa shape index (κ3) is 3.48. The van der Waals surface area contributed by atoms with Crippen molar-refractivity contribution in [1.29, 1.82) is 0 Å². The zero-order valence-corrected chi connectivity index (χ0v) is 16.0. The molecule has 0 bridgehead atoms. The van der Waals surface area contributed by atoms with Crippen LogP contribution in [0.4, 0.5) is 0 Å². The summed E-state index contributed by atoms with van der Waals surface area (Å²) in [6, 6.07) is 1.77. The van der Waals surface area contributed by atoms with Gasteiger partial charge in [0.25, 0.3) is 5.91 Å². The molecule has 0 aromatic carbocycles. The zero-order chi connectivity index (χ0) is 19.0. The third-order valence-electron chi connectivity index (χ3n) is 5.57. The number of rotatable bonds is 4. The molecule has 0 radical (unpaired) electrons. The van der Waals surface area contributed by atoms with Gasteiger partial charge in [-0.1, -0.05) is 0 Å². The van der Waals surface area contributed by atoms with E-state index in [2.05, 4.69) is 15.3 Å². The average molecular weight is 370 g/mol. The molecule has 2 aliphatic heterocycles. The predicted molar refractivity (Wildman–Crippen MR) is 99.1 cm³/mol. The Morgan fingerprint density at radius 1 is 1.19 bits per heavy atom. The van der Waals surface area contributed by atoms with Crippen molar-refractivity contribution in [2.45, 2.75) is 45.6 Å². The minimum Gasteiger partial charge on any atom is -0.343 e. The number of amides is 2. The lowest BCUT2D eigenvalue weighted by atomic mass is 10.0. The van der Waals surface area contributed by atoms with Gasteiger partial charge in [-0.15, -0.1) is 0 Å². The standard InChI is InChI=1S/C19H26N6O2/c1-13-11-16(21-20-13)19(27)25-10-7-17-14(12-25)15(22-23(17)2)5-6-18(26)24-8-3-4-9-24/h11H,3-10,12H2,1-2H3,(H,20,21). The Kier molecular flexibility index (Phi) is 4.72. The molecule has 144 valence electrons. The maximum Gasteiger partial charge on any atom is 0.274 e. The summed E-state index contributed by atoms with van der Waals surface area (Å²) in [5.41, 5.74) is 4.53. The van der Waals surface area contributed by atoms with Crippen molar-refractivity contribution >= 4 is 11.8 Å². The lowest BCUT2D eigenvalue weighted by Gasteiger charge is -2.27. The van der Waals surface area contributed by atoms with Crippen LogP contribution in [0.1, 0.15) is 52.4 Å². The van der Waals surface area contributed by atoms with Crippen LogP contribution < -0.4 is 0 Å². The maximum absolute atomic E-state index is 12.7. The number of hydrogen-bond donors (Lipinski definition) is 1. The monoisotopic (exact) mass is 370 g/mol. The first-order valence-corrected chi connectivity index (χ1v) is 9.65. The van der Waals surface area contributed by atoms with E-state index in [1.54, 1.807) is 6.07 Å². The Morgan fingerprint density at radius 2 is 1.96 bits per heavy atom. The Labute approximate surface area is 158 Å². The number of aryl methyl sites for hydroxylation is 3. The van der Waals surface area contributed by atoms with Crippen molar-refractivity contribution in [1.82, 2.24) is 29.8 Å². The van der Waals surface area contributed by atoms with Gasteiger partial charge in [-0.25, -0.2) is 0 Å². The third-order valence-corrected chi connectivity index (χ3v) is 5.57. The van der Waals surface area contributed by atoms with Crippen LogP contribution in [0.15, 0.2) is 6.07 Å². The molecule has 4 rings (SSSR count). The quantitative estimate of drug-likeness (QED) is 0.876. The number of aromatic nitrogens is 4. The molecule has 0 unspecified atom stereocenters. The van der Waals surface area contributed by atoms with Crippen molar-refractivity contribution in [2.75, 3.05) is 19.6 Å². The van der Waals surface area contributed by atoms with E-state index in [4.69, 9.17) is 0 Å². The van der Waals surface area contributed by atoms with Crippen LogP contribution in [0, 0.1) is 6.92 Å². The summed E-state index contributed by atoms with van der Waals surface area (Å²) in [5, 5.41) is 11.6. The van der Waals surface area contributed by atoms with Gasteiger partial charge in [-0.2, -0.15) is 10.2 Å².